The summed E-state index contributed by atoms with van der Waals surface area (Å²) in [4.78, 5) is 21.9. The number of hydrogen-bond donors (Lipinski definition) is 1. The molecule has 0 atom stereocenters. The minimum atomic E-state index is -0.548. The zero-order chi connectivity index (χ0) is 13.2. The molecule has 0 radical (unpaired) electrons. The van der Waals surface area contributed by atoms with Gasteiger partial charge in [0.1, 0.15) is 13.2 Å². The number of benzene rings is 1. The second-order valence-electron chi connectivity index (χ2n) is 3.35. The van der Waals surface area contributed by atoms with Crippen LogP contribution in [0.1, 0.15) is 5.56 Å². The van der Waals surface area contributed by atoms with Crippen LogP contribution in [0.15, 0.2) is 43.0 Å². The molecule has 0 saturated carbocycles. The fourth-order valence-corrected chi connectivity index (χ4v) is 1.16. The van der Waals surface area contributed by atoms with Crippen LogP contribution in [-0.2, 0) is 20.8 Å². The molecule has 0 aliphatic carbocycles. The van der Waals surface area contributed by atoms with Gasteiger partial charge in [-0.1, -0.05) is 36.9 Å². The quantitative estimate of drug-likeness (QED) is 0.473. The highest BCUT2D eigenvalue weighted by atomic mass is 16.6. The molecule has 1 rings (SSSR count). The molecular weight excluding hydrogens is 234 g/mol. The summed E-state index contributed by atoms with van der Waals surface area (Å²) in [6, 6.07) is 9.46. The molecule has 0 aliphatic heterocycles. The highest BCUT2D eigenvalue weighted by molar-refractivity contribution is 5.81. The van der Waals surface area contributed by atoms with Crippen LogP contribution in [0.3, 0.4) is 0 Å². The Morgan fingerprint density at radius 2 is 1.83 bits per heavy atom. The van der Waals surface area contributed by atoms with Crippen molar-refractivity contribution in [1.82, 2.24) is 5.32 Å². The van der Waals surface area contributed by atoms with Crippen LogP contribution >= 0.6 is 0 Å². The van der Waals surface area contributed by atoms with Crippen molar-refractivity contribution in [1.29, 1.82) is 0 Å². The molecule has 5 nitrogen and oxygen atoms in total. The molecule has 0 saturated heterocycles. The molecule has 1 N–H and O–H groups in total. The number of rotatable bonds is 6. The summed E-state index contributed by atoms with van der Waals surface area (Å²) in [5.74, 6) is -0.539. The second-order valence-corrected chi connectivity index (χ2v) is 3.35. The number of ether oxygens (including phenoxy) is 2. The van der Waals surface area contributed by atoms with Crippen LogP contribution in [0.2, 0.25) is 0 Å². The van der Waals surface area contributed by atoms with Crippen LogP contribution in [0.5, 0.6) is 0 Å². The lowest BCUT2D eigenvalue weighted by Gasteiger charge is -2.07. The first-order valence-electron chi connectivity index (χ1n) is 5.46. The number of hydrogen-bond acceptors (Lipinski definition) is 4. The summed E-state index contributed by atoms with van der Waals surface area (Å²) in [5, 5.41) is 2.58. The topological polar surface area (TPSA) is 64.6 Å². The Labute approximate surface area is 105 Å². The lowest BCUT2D eigenvalue weighted by molar-refractivity contribution is -0.138. The molecule has 1 amide bonds. The van der Waals surface area contributed by atoms with Crippen LogP contribution < -0.4 is 5.32 Å². The van der Waals surface area contributed by atoms with Gasteiger partial charge in [0.25, 0.3) is 0 Å². The van der Waals surface area contributed by atoms with E-state index in [1.807, 2.05) is 30.3 Å². The van der Waals surface area contributed by atoms with Crippen molar-refractivity contribution in [2.24, 2.45) is 0 Å². The smallest absolute Gasteiger partial charge is 0.407 e. The van der Waals surface area contributed by atoms with E-state index >= 15 is 0 Å². The zero-order valence-corrected chi connectivity index (χ0v) is 9.93. The van der Waals surface area contributed by atoms with Gasteiger partial charge in [-0.3, -0.25) is 0 Å². The normalized spacial score (nSPS) is 9.33. The number of nitrogens with one attached hydrogen (secondary N) is 1. The lowest BCUT2D eigenvalue weighted by atomic mass is 10.2. The van der Waals surface area contributed by atoms with Gasteiger partial charge in [-0.25, -0.2) is 9.59 Å². The monoisotopic (exact) mass is 249 g/mol. The van der Waals surface area contributed by atoms with Crippen molar-refractivity contribution < 1.29 is 19.1 Å². The molecule has 0 bridgehead atoms. The van der Waals surface area contributed by atoms with Gasteiger partial charge in [-0.2, -0.15) is 0 Å². The summed E-state index contributed by atoms with van der Waals surface area (Å²) in [7, 11) is 0. The number of carbonyl (C=O) groups is 2. The van der Waals surface area contributed by atoms with Gasteiger partial charge < -0.3 is 14.8 Å². The van der Waals surface area contributed by atoms with E-state index in [9.17, 15) is 9.59 Å². The largest absolute Gasteiger partial charge is 0.459 e. The number of esters is 1. The van der Waals surface area contributed by atoms with Crippen molar-refractivity contribution in [2.45, 2.75) is 6.54 Å². The molecule has 0 unspecified atom stereocenters. The number of carbonyl (C=O) groups excluding carboxylic acids is 2. The van der Waals surface area contributed by atoms with E-state index in [2.05, 4.69) is 16.6 Å². The van der Waals surface area contributed by atoms with Crippen LogP contribution in [0.25, 0.3) is 0 Å². The van der Waals surface area contributed by atoms with E-state index in [1.165, 1.54) is 0 Å². The average Bonchev–Trinajstić information content (AvgIpc) is 2.42. The van der Waals surface area contributed by atoms with Gasteiger partial charge in [0.2, 0.25) is 0 Å². The number of amides is 1. The molecular formula is C13H15NO4. The van der Waals surface area contributed by atoms with Crippen molar-refractivity contribution >= 4 is 12.1 Å². The molecule has 1 aromatic rings. The van der Waals surface area contributed by atoms with E-state index in [-0.39, 0.29) is 13.2 Å². The van der Waals surface area contributed by atoms with E-state index in [0.717, 1.165) is 11.6 Å². The van der Waals surface area contributed by atoms with Crippen LogP contribution in [-0.4, -0.2) is 25.3 Å². The van der Waals surface area contributed by atoms with E-state index in [4.69, 9.17) is 4.74 Å². The SMILES string of the molecule is C=CC(=O)OCCOC(=O)NCc1ccccc1. The third-order valence-electron chi connectivity index (χ3n) is 2.01. The number of alkyl carbamates (subject to hydrolysis) is 1. The van der Waals surface area contributed by atoms with Gasteiger partial charge in [0.05, 0.1) is 0 Å². The molecule has 0 fully saturated rings. The standard InChI is InChI=1S/C13H15NO4/c1-2-12(15)17-8-9-18-13(16)14-10-11-6-4-3-5-7-11/h2-7H,1,8-10H2,(H,14,16). The summed E-state index contributed by atoms with van der Waals surface area (Å²) in [6.07, 6.45) is 0.503. The summed E-state index contributed by atoms with van der Waals surface area (Å²) >= 11 is 0. The maximum atomic E-state index is 11.2. The minimum absolute atomic E-state index is 0.0141. The lowest BCUT2D eigenvalue weighted by Crippen LogP contribution is -2.25. The maximum absolute atomic E-state index is 11.2. The van der Waals surface area contributed by atoms with Gasteiger partial charge in [0.15, 0.2) is 0 Å². The maximum Gasteiger partial charge on any atom is 0.407 e. The van der Waals surface area contributed by atoms with Crippen molar-refractivity contribution in [2.75, 3.05) is 13.2 Å². The first-order valence-corrected chi connectivity index (χ1v) is 5.46. The fourth-order valence-electron chi connectivity index (χ4n) is 1.16. The molecule has 5 heteroatoms. The Hall–Kier alpha value is -2.30. The Morgan fingerprint density at radius 3 is 2.50 bits per heavy atom. The third kappa shape index (κ3) is 5.69. The highest BCUT2D eigenvalue weighted by Gasteiger charge is 2.02. The summed E-state index contributed by atoms with van der Waals surface area (Å²) in [6.45, 7) is 3.67. The molecule has 96 valence electrons. The molecule has 1 aromatic carbocycles. The Balaban J connectivity index is 2.11. The predicted molar refractivity (Wildman–Crippen MR) is 65.8 cm³/mol. The molecule has 18 heavy (non-hydrogen) atoms. The zero-order valence-electron chi connectivity index (χ0n) is 9.93. The fraction of sp³-hybridized carbons (Fsp3) is 0.231. The van der Waals surface area contributed by atoms with Crippen molar-refractivity contribution in [3.05, 3.63) is 48.6 Å². The van der Waals surface area contributed by atoms with Gasteiger partial charge in [0, 0.05) is 12.6 Å². The Bertz CT molecular complexity index is 403. The molecule has 0 aliphatic rings. The molecule has 0 spiro atoms. The highest BCUT2D eigenvalue weighted by Crippen LogP contribution is 1.97. The van der Waals surface area contributed by atoms with E-state index in [0.29, 0.717) is 6.54 Å². The van der Waals surface area contributed by atoms with Gasteiger partial charge >= 0.3 is 12.1 Å². The van der Waals surface area contributed by atoms with Gasteiger partial charge in [-0.15, -0.1) is 0 Å². The summed E-state index contributed by atoms with van der Waals surface area (Å²) in [5.41, 5.74) is 0.979. The molecule has 0 aromatic heterocycles. The first kappa shape index (κ1) is 13.8. The second kappa shape index (κ2) is 7.89. The Kier molecular flexibility index (Phi) is 6.03. The van der Waals surface area contributed by atoms with Crippen molar-refractivity contribution in [3.8, 4) is 0 Å². The third-order valence-corrected chi connectivity index (χ3v) is 2.01. The first-order chi connectivity index (χ1) is 8.72. The van der Waals surface area contributed by atoms with Crippen LogP contribution in [0.4, 0.5) is 4.79 Å². The van der Waals surface area contributed by atoms with Gasteiger partial charge in [-0.05, 0) is 5.56 Å². The Morgan fingerprint density at radius 1 is 1.17 bits per heavy atom. The molecule has 0 heterocycles. The average molecular weight is 249 g/mol. The van der Waals surface area contributed by atoms with Crippen LogP contribution in [0, 0.1) is 0 Å². The minimum Gasteiger partial charge on any atom is -0.459 e. The van der Waals surface area contributed by atoms with Crippen molar-refractivity contribution in [3.63, 3.8) is 0 Å². The van der Waals surface area contributed by atoms with E-state index in [1.54, 1.807) is 0 Å². The van der Waals surface area contributed by atoms with E-state index < -0.39 is 12.1 Å². The predicted octanol–water partition coefficient (Wildman–Crippen LogP) is 1.64. The summed E-state index contributed by atoms with van der Waals surface area (Å²) < 4.78 is 9.44.